The summed E-state index contributed by atoms with van der Waals surface area (Å²) in [6.07, 6.45) is 61.1. The van der Waals surface area contributed by atoms with E-state index < -0.39 is 97.5 Å². The highest BCUT2D eigenvalue weighted by Gasteiger charge is 2.30. The Balaban J connectivity index is 5.23. The summed E-state index contributed by atoms with van der Waals surface area (Å²) < 4.78 is 68.8. The van der Waals surface area contributed by atoms with Gasteiger partial charge in [-0.25, -0.2) is 9.13 Å². The van der Waals surface area contributed by atoms with Crippen LogP contribution in [0, 0.1) is 23.7 Å². The van der Waals surface area contributed by atoms with Crippen molar-refractivity contribution in [2.24, 2.45) is 23.7 Å². The van der Waals surface area contributed by atoms with Gasteiger partial charge in [0.15, 0.2) is 12.2 Å². The molecular weight excluding hydrogens is 1340 g/mol. The van der Waals surface area contributed by atoms with Gasteiger partial charge in [-0.3, -0.25) is 37.3 Å². The number of carbonyl (C=O) groups excluding carboxylic acids is 4. The van der Waals surface area contributed by atoms with E-state index in [1.54, 1.807) is 0 Å². The molecule has 0 radical (unpaired) electrons. The van der Waals surface area contributed by atoms with Crippen LogP contribution in [0.4, 0.5) is 0 Å². The Bertz CT molecular complexity index is 2010. The van der Waals surface area contributed by atoms with E-state index in [4.69, 9.17) is 37.0 Å². The summed E-state index contributed by atoms with van der Waals surface area (Å²) in [4.78, 5) is 73.1. The normalized spacial score (nSPS) is 14.5. The summed E-state index contributed by atoms with van der Waals surface area (Å²) in [6, 6.07) is 0. The Morgan fingerprint density at radius 3 is 0.689 bits per heavy atom. The minimum atomic E-state index is -4.97. The number of esters is 4. The third kappa shape index (κ3) is 75.3. The van der Waals surface area contributed by atoms with Gasteiger partial charge < -0.3 is 33.8 Å². The molecule has 17 nitrogen and oxygen atoms in total. The molecule has 3 N–H and O–H groups in total. The largest absolute Gasteiger partial charge is 0.472 e. The monoisotopic (exact) mass is 1510 g/mol. The molecule has 0 spiro atoms. The molecule has 0 aliphatic heterocycles. The molecule has 0 saturated carbocycles. The fourth-order valence-corrected chi connectivity index (χ4v) is 14.5. The second-order valence-corrected chi connectivity index (χ2v) is 34.6. The zero-order chi connectivity index (χ0) is 76.0. The van der Waals surface area contributed by atoms with Crippen molar-refractivity contribution in [1.82, 2.24) is 0 Å². The lowest BCUT2D eigenvalue weighted by atomic mass is 9.99. The van der Waals surface area contributed by atoms with Crippen LogP contribution in [0.1, 0.15) is 434 Å². The molecule has 0 aromatic heterocycles. The van der Waals surface area contributed by atoms with Gasteiger partial charge in [0.1, 0.15) is 19.3 Å². The third-order valence-electron chi connectivity index (χ3n) is 20.3. The number of phosphoric ester groups is 2. The molecule has 0 saturated heterocycles. The van der Waals surface area contributed by atoms with Crippen molar-refractivity contribution in [3.05, 3.63) is 0 Å². The summed E-state index contributed by atoms with van der Waals surface area (Å²) in [5.41, 5.74) is 0. The fourth-order valence-electron chi connectivity index (χ4n) is 12.9. The van der Waals surface area contributed by atoms with Crippen molar-refractivity contribution in [1.29, 1.82) is 0 Å². The lowest BCUT2D eigenvalue weighted by Gasteiger charge is -2.21. The highest BCUT2D eigenvalue weighted by molar-refractivity contribution is 7.47. The summed E-state index contributed by atoms with van der Waals surface area (Å²) >= 11 is 0. The van der Waals surface area contributed by atoms with E-state index >= 15 is 0 Å². The Morgan fingerprint density at radius 1 is 0.272 bits per heavy atom. The van der Waals surface area contributed by atoms with E-state index in [1.165, 1.54) is 231 Å². The average molecular weight is 1510 g/mol. The number of carbonyl (C=O) groups is 4. The summed E-state index contributed by atoms with van der Waals surface area (Å²) in [5, 5.41) is 10.7. The minimum absolute atomic E-state index is 0.105. The lowest BCUT2D eigenvalue weighted by Crippen LogP contribution is -2.30. The summed E-state index contributed by atoms with van der Waals surface area (Å²) in [6.45, 7) is 14.3. The number of ether oxygens (including phenoxy) is 4. The van der Waals surface area contributed by atoms with Gasteiger partial charge in [0.05, 0.1) is 26.4 Å². The van der Waals surface area contributed by atoms with Crippen LogP contribution >= 0.6 is 15.6 Å². The van der Waals surface area contributed by atoms with Crippen molar-refractivity contribution in [2.75, 3.05) is 39.6 Å². The SMILES string of the molecule is CCC(C)CCCCCCCCCCCCC(=O)O[C@H](COC(=O)CCCCCCCCC(C)CC)COP(=O)(O)OC[C@H](O)COP(=O)(O)OC[C@@H](COC(=O)CCCCCCCCCCCCCCCCCCCCC(C)C)OC(=O)CCCCCCCCCCCCCCCCCC(C)C. The van der Waals surface area contributed by atoms with Crippen LogP contribution in [0.25, 0.3) is 0 Å². The first kappa shape index (κ1) is 101. The number of hydrogen-bond donors (Lipinski definition) is 3. The Labute approximate surface area is 632 Å². The van der Waals surface area contributed by atoms with Gasteiger partial charge >= 0.3 is 39.5 Å². The van der Waals surface area contributed by atoms with E-state index in [0.29, 0.717) is 25.7 Å². The molecular formula is C84H164O17P2. The van der Waals surface area contributed by atoms with Crippen LogP contribution in [0.15, 0.2) is 0 Å². The maximum absolute atomic E-state index is 13.1. The smallest absolute Gasteiger partial charge is 0.462 e. The van der Waals surface area contributed by atoms with E-state index in [0.717, 1.165) is 120 Å². The van der Waals surface area contributed by atoms with Crippen molar-refractivity contribution < 1.29 is 80.2 Å². The molecule has 7 atom stereocenters. The molecule has 0 aromatic carbocycles. The summed E-state index contributed by atoms with van der Waals surface area (Å²) in [7, 11) is -9.93. The molecule has 0 heterocycles. The predicted molar refractivity (Wildman–Crippen MR) is 423 cm³/mol. The molecule has 0 rings (SSSR count). The van der Waals surface area contributed by atoms with E-state index in [2.05, 4.69) is 55.4 Å². The van der Waals surface area contributed by atoms with Crippen molar-refractivity contribution in [3.8, 4) is 0 Å². The number of phosphoric acid groups is 2. The lowest BCUT2D eigenvalue weighted by molar-refractivity contribution is -0.161. The second kappa shape index (κ2) is 72.9. The summed E-state index contributed by atoms with van der Waals surface area (Å²) in [5.74, 6) is 1.05. The van der Waals surface area contributed by atoms with E-state index in [9.17, 15) is 43.2 Å². The van der Waals surface area contributed by atoms with Crippen molar-refractivity contribution in [3.63, 3.8) is 0 Å². The quantitative estimate of drug-likeness (QED) is 0.0222. The number of unbranched alkanes of at least 4 members (excludes halogenated alkanes) is 45. The molecule has 0 amide bonds. The van der Waals surface area contributed by atoms with Crippen LogP contribution in [-0.2, 0) is 65.4 Å². The predicted octanol–water partition coefficient (Wildman–Crippen LogP) is 25.2. The van der Waals surface area contributed by atoms with Gasteiger partial charge in [0.25, 0.3) is 0 Å². The van der Waals surface area contributed by atoms with Crippen LogP contribution in [0.5, 0.6) is 0 Å². The number of aliphatic hydroxyl groups excluding tert-OH is 1. The van der Waals surface area contributed by atoms with Gasteiger partial charge in [0, 0.05) is 25.7 Å². The Hall–Kier alpha value is -1.94. The first-order valence-corrected chi connectivity index (χ1v) is 46.3. The first-order valence-electron chi connectivity index (χ1n) is 43.3. The van der Waals surface area contributed by atoms with Crippen molar-refractivity contribution in [2.45, 2.75) is 453 Å². The highest BCUT2D eigenvalue weighted by Crippen LogP contribution is 2.45. The van der Waals surface area contributed by atoms with Crippen molar-refractivity contribution >= 4 is 39.5 Å². The molecule has 612 valence electrons. The molecule has 0 bridgehead atoms. The van der Waals surface area contributed by atoms with Gasteiger partial charge in [-0.1, -0.05) is 383 Å². The Kier molecular flexibility index (Phi) is 71.5. The molecule has 4 unspecified atom stereocenters. The molecule has 0 aromatic rings. The number of rotatable bonds is 81. The zero-order valence-corrected chi connectivity index (χ0v) is 69.7. The second-order valence-electron chi connectivity index (χ2n) is 31.7. The zero-order valence-electron chi connectivity index (χ0n) is 68.0. The van der Waals surface area contributed by atoms with E-state index in [1.807, 2.05) is 0 Å². The van der Waals surface area contributed by atoms with Crippen LogP contribution in [-0.4, -0.2) is 96.7 Å². The third-order valence-corrected chi connectivity index (χ3v) is 22.2. The van der Waals surface area contributed by atoms with Gasteiger partial charge in [-0.15, -0.1) is 0 Å². The number of aliphatic hydroxyl groups is 1. The van der Waals surface area contributed by atoms with Crippen LogP contribution < -0.4 is 0 Å². The average Bonchev–Trinajstić information content (AvgIpc) is 0.922. The maximum Gasteiger partial charge on any atom is 0.472 e. The van der Waals surface area contributed by atoms with Crippen LogP contribution in [0.2, 0.25) is 0 Å². The first-order chi connectivity index (χ1) is 49.7. The molecule has 19 heteroatoms. The number of hydrogen-bond acceptors (Lipinski definition) is 15. The molecule has 0 aliphatic carbocycles. The standard InChI is InChI=1S/C84H164O17P2/c1-9-76(7)62-54-46-38-32-28-29-35-41-51-59-67-84(89)101-80(71-95-82(87)65-57-49-43-42-47-55-63-77(8)10-2)73-99-103(92,93)97-69-78(85)68-96-102(90,91)98-72-79(100-83(88)66-58-50-40-34-27-23-19-15-17-21-25-31-37-45-53-61-75(5)6)70-94-81(86)64-56-48-39-33-26-22-18-14-12-11-13-16-20-24-30-36-44-52-60-74(3)4/h74-80,85H,9-73H2,1-8H3,(H,90,91)(H,92,93)/t76?,77?,78-,79-,80-/m1/s1. The maximum atomic E-state index is 13.1. The van der Waals surface area contributed by atoms with Gasteiger partial charge in [0.2, 0.25) is 0 Å². The molecule has 0 fully saturated rings. The topological polar surface area (TPSA) is 237 Å². The minimum Gasteiger partial charge on any atom is -0.462 e. The molecule has 103 heavy (non-hydrogen) atoms. The van der Waals surface area contributed by atoms with Gasteiger partial charge in [-0.2, -0.15) is 0 Å². The fraction of sp³-hybridized carbons (Fsp3) is 0.952. The molecule has 0 aliphatic rings. The van der Waals surface area contributed by atoms with Crippen LogP contribution in [0.3, 0.4) is 0 Å². The van der Waals surface area contributed by atoms with Gasteiger partial charge in [-0.05, 0) is 49.4 Å². The highest BCUT2D eigenvalue weighted by atomic mass is 31.2. The van der Waals surface area contributed by atoms with E-state index in [-0.39, 0.29) is 25.7 Å². The Morgan fingerprint density at radius 2 is 0.466 bits per heavy atom.